The van der Waals surface area contributed by atoms with Crippen molar-refractivity contribution < 1.29 is 22.7 Å². The molecule has 0 aliphatic carbocycles. The van der Waals surface area contributed by atoms with Crippen LogP contribution in [0.25, 0.3) is 0 Å². The van der Waals surface area contributed by atoms with E-state index in [9.17, 15) is 18.0 Å². The van der Waals surface area contributed by atoms with Gasteiger partial charge in [-0.3, -0.25) is 10.1 Å². The molecule has 2 N–H and O–H groups in total. The van der Waals surface area contributed by atoms with Gasteiger partial charge in [0.2, 0.25) is 10.0 Å². The van der Waals surface area contributed by atoms with Crippen LogP contribution < -0.4 is 5.32 Å². The molecule has 0 unspecified atom stereocenters. The fraction of sp³-hybridized carbons (Fsp3) is 0.370. The fourth-order valence-corrected chi connectivity index (χ4v) is 7.61. The second-order valence-electron chi connectivity index (χ2n) is 10.00. The first-order chi connectivity index (χ1) is 18.0. The minimum Gasteiger partial charge on any atom is -0.467 e. The lowest BCUT2D eigenvalue weighted by atomic mass is 9.87. The van der Waals surface area contributed by atoms with Crippen LogP contribution in [0.4, 0.5) is 0 Å². The smallest absolute Gasteiger partial charge is 0.335 e. The standard InChI is InChI=1S/C27H32N4O5S2/c1-19-10-12-22(13-11-19)38(34,35)31(16-20-8-6-5-7-9-20)27(25(33)36-4,14-21-15-28-18-29-21)23(32)24-30-26(2,3)17-37-24/h5-13,15,18,24,30H,14,16-17H2,1-4H3,(H,28,29)/t24-,27+/m0/s1. The van der Waals surface area contributed by atoms with E-state index in [1.54, 1.807) is 36.4 Å². The minimum absolute atomic E-state index is 0.0305. The van der Waals surface area contributed by atoms with Gasteiger partial charge in [0.1, 0.15) is 5.37 Å². The van der Waals surface area contributed by atoms with E-state index in [4.69, 9.17) is 4.74 Å². The third-order valence-corrected chi connectivity index (χ3v) is 9.95. The summed E-state index contributed by atoms with van der Waals surface area (Å²) < 4.78 is 35.0. The Balaban J connectivity index is 1.97. The molecule has 9 nitrogen and oxygen atoms in total. The number of aryl methyl sites for hydroxylation is 1. The van der Waals surface area contributed by atoms with Crippen molar-refractivity contribution in [2.75, 3.05) is 12.9 Å². The number of methoxy groups -OCH3 is 1. The summed E-state index contributed by atoms with van der Waals surface area (Å²) in [6.45, 7) is 5.52. The fourth-order valence-electron chi connectivity index (χ4n) is 4.50. The van der Waals surface area contributed by atoms with Crippen LogP contribution in [0.1, 0.15) is 30.7 Å². The number of hydrogen-bond donors (Lipinski definition) is 2. The molecule has 38 heavy (non-hydrogen) atoms. The van der Waals surface area contributed by atoms with E-state index in [2.05, 4.69) is 15.3 Å². The maximum atomic E-state index is 14.5. The Kier molecular flexibility index (Phi) is 8.12. The summed E-state index contributed by atoms with van der Waals surface area (Å²) in [6.07, 6.45) is 2.61. The molecule has 0 bridgehead atoms. The van der Waals surface area contributed by atoms with Crippen LogP contribution in [0.15, 0.2) is 72.0 Å². The molecule has 2 heterocycles. The number of thioether (sulfide) groups is 1. The first-order valence-electron chi connectivity index (χ1n) is 12.1. The van der Waals surface area contributed by atoms with Gasteiger partial charge < -0.3 is 9.72 Å². The second-order valence-corrected chi connectivity index (χ2v) is 13.0. The Hall–Kier alpha value is -2.99. The summed E-state index contributed by atoms with van der Waals surface area (Å²) in [5, 5.41) is 2.43. The number of nitrogens with zero attached hydrogens (tertiary/aromatic N) is 2. The monoisotopic (exact) mass is 556 g/mol. The molecule has 1 fully saturated rings. The molecule has 0 spiro atoms. The zero-order valence-electron chi connectivity index (χ0n) is 21.8. The number of imidazole rings is 1. The van der Waals surface area contributed by atoms with Crippen molar-refractivity contribution >= 4 is 33.5 Å². The van der Waals surface area contributed by atoms with Crippen molar-refractivity contribution in [1.82, 2.24) is 19.6 Å². The Morgan fingerprint density at radius 3 is 2.39 bits per heavy atom. The first-order valence-corrected chi connectivity index (χ1v) is 14.6. The Morgan fingerprint density at radius 1 is 1.16 bits per heavy atom. The molecule has 0 saturated carbocycles. The van der Waals surface area contributed by atoms with Gasteiger partial charge in [-0.05, 0) is 38.5 Å². The highest BCUT2D eigenvalue weighted by Crippen LogP contribution is 2.37. The number of carbonyl (C=O) groups excluding carboxylic acids is 2. The van der Waals surface area contributed by atoms with Crippen LogP contribution in [-0.4, -0.2) is 63.8 Å². The highest BCUT2D eigenvalue weighted by molar-refractivity contribution is 8.00. The average molecular weight is 557 g/mol. The summed E-state index contributed by atoms with van der Waals surface area (Å²) in [7, 11) is -3.23. The lowest BCUT2D eigenvalue weighted by Gasteiger charge is -2.40. The molecule has 11 heteroatoms. The molecule has 1 aromatic heterocycles. The lowest BCUT2D eigenvalue weighted by Crippen LogP contribution is -2.66. The van der Waals surface area contributed by atoms with Crippen molar-refractivity contribution in [3.63, 3.8) is 0 Å². The summed E-state index contributed by atoms with van der Waals surface area (Å²) >= 11 is 1.34. The number of rotatable bonds is 10. The lowest BCUT2D eigenvalue weighted by molar-refractivity contribution is -0.158. The van der Waals surface area contributed by atoms with Gasteiger partial charge in [-0.15, -0.1) is 11.8 Å². The molecule has 0 radical (unpaired) electrons. The van der Waals surface area contributed by atoms with Gasteiger partial charge in [-0.1, -0.05) is 48.0 Å². The first kappa shape index (κ1) is 28.0. The summed E-state index contributed by atoms with van der Waals surface area (Å²) in [5.41, 5.74) is -0.711. The number of aromatic nitrogens is 2. The third kappa shape index (κ3) is 5.56. The number of nitrogens with one attached hydrogen (secondary N) is 2. The van der Waals surface area contributed by atoms with Gasteiger partial charge in [0.25, 0.3) is 0 Å². The predicted octanol–water partition coefficient (Wildman–Crippen LogP) is 3.07. The van der Waals surface area contributed by atoms with Crippen LogP contribution >= 0.6 is 11.8 Å². The van der Waals surface area contributed by atoms with Crippen LogP contribution in [-0.2, 0) is 37.3 Å². The van der Waals surface area contributed by atoms with Gasteiger partial charge in [0.15, 0.2) is 11.3 Å². The van der Waals surface area contributed by atoms with Gasteiger partial charge in [-0.2, -0.15) is 4.31 Å². The van der Waals surface area contributed by atoms with Crippen molar-refractivity contribution in [2.24, 2.45) is 0 Å². The zero-order valence-corrected chi connectivity index (χ0v) is 23.4. The van der Waals surface area contributed by atoms with Crippen molar-refractivity contribution in [3.05, 3.63) is 83.9 Å². The number of sulfonamides is 1. The van der Waals surface area contributed by atoms with Crippen LogP contribution in [0.2, 0.25) is 0 Å². The van der Waals surface area contributed by atoms with Gasteiger partial charge in [0.05, 0.1) is 18.3 Å². The highest BCUT2D eigenvalue weighted by Gasteiger charge is 2.59. The predicted molar refractivity (Wildman–Crippen MR) is 146 cm³/mol. The number of esters is 1. The molecule has 0 amide bonds. The molecule has 1 saturated heterocycles. The van der Waals surface area contributed by atoms with E-state index in [-0.39, 0.29) is 23.4 Å². The maximum Gasteiger partial charge on any atom is 0.335 e. The van der Waals surface area contributed by atoms with Crippen LogP contribution in [0.5, 0.6) is 0 Å². The number of ketones is 1. The average Bonchev–Trinajstić information content (AvgIpc) is 3.55. The molecular weight excluding hydrogens is 524 g/mol. The Bertz CT molecular complexity index is 1380. The summed E-state index contributed by atoms with van der Waals surface area (Å²) in [4.78, 5) is 35.3. The van der Waals surface area contributed by atoms with E-state index in [0.29, 0.717) is 17.0 Å². The van der Waals surface area contributed by atoms with E-state index in [1.807, 2.05) is 26.8 Å². The molecule has 2 aromatic carbocycles. The van der Waals surface area contributed by atoms with Crippen molar-refractivity contribution in [2.45, 2.75) is 55.1 Å². The number of hydrogen-bond acceptors (Lipinski definition) is 8. The van der Waals surface area contributed by atoms with Crippen molar-refractivity contribution in [3.8, 4) is 0 Å². The van der Waals surface area contributed by atoms with Crippen LogP contribution in [0.3, 0.4) is 0 Å². The SMILES string of the molecule is COC(=O)[C@@](Cc1cnc[nH]1)(C(=O)[C@H]1NC(C)(C)CS1)N(Cc1ccccc1)S(=O)(=O)c1ccc(C)cc1. The largest absolute Gasteiger partial charge is 0.467 e. The Labute approximate surface area is 227 Å². The Morgan fingerprint density at radius 2 is 1.84 bits per heavy atom. The van der Waals surface area contributed by atoms with E-state index >= 15 is 0 Å². The number of Topliss-reactive ketones (excluding diaryl/α,β-unsaturated/α-hetero) is 1. The number of aromatic amines is 1. The molecular formula is C27H32N4O5S2. The zero-order chi connectivity index (χ0) is 27.6. The van der Waals surface area contributed by atoms with Gasteiger partial charge in [0, 0.05) is 36.1 Å². The number of carbonyl (C=O) groups is 2. The molecule has 2 atom stereocenters. The van der Waals surface area contributed by atoms with E-state index < -0.39 is 32.7 Å². The van der Waals surface area contributed by atoms with Crippen LogP contribution in [0, 0.1) is 6.92 Å². The minimum atomic E-state index is -4.39. The highest BCUT2D eigenvalue weighted by atomic mass is 32.2. The summed E-state index contributed by atoms with van der Waals surface area (Å²) in [6, 6.07) is 15.2. The number of benzene rings is 2. The summed E-state index contributed by atoms with van der Waals surface area (Å²) in [5.74, 6) is -0.953. The molecule has 3 aromatic rings. The number of ether oxygens (including phenoxy) is 1. The topological polar surface area (TPSA) is 121 Å². The quantitative estimate of drug-likeness (QED) is 0.289. The van der Waals surface area contributed by atoms with E-state index in [0.717, 1.165) is 17.0 Å². The van der Waals surface area contributed by atoms with Gasteiger partial charge >= 0.3 is 5.97 Å². The molecule has 202 valence electrons. The van der Waals surface area contributed by atoms with Gasteiger partial charge in [-0.25, -0.2) is 18.2 Å². The third-order valence-electron chi connectivity index (χ3n) is 6.51. The van der Waals surface area contributed by atoms with E-state index in [1.165, 1.54) is 36.4 Å². The number of H-pyrrole nitrogens is 1. The van der Waals surface area contributed by atoms with Crippen molar-refractivity contribution in [1.29, 1.82) is 0 Å². The molecule has 1 aliphatic rings. The second kappa shape index (κ2) is 11.0. The molecule has 4 rings (SSSR count). The molecule has 1 aliphatic heterocycles. The normalized spacial score (nSPS) is 18.7. The maximum absolute atomic E-state index is 14.5.